The van der Waals surface area contributed by atoms with Gasteiger partial charge in [0.25, 0.3) is 6.01 Å². The number of para-hydroxylation sites is 1. The summed E-state index contributed by atoms with van der Waals surface area (Å²) in [6.45, 7) is 18.7. The Morgan fingerprint density at radius 3 is 2.00 bits per heavy atom. The molecule has 0 fully saturated rings. The van der Waals surface area contributed by atoms with Crippen molar-refractivity contribution < 1.29 is 38.8 Å². The number of carbonyl (C=O) groups excluding carboxylic acids is 1. The van der Waals surface area contributed by atoms with Crippen LogP contribution in [0.1, 0.15) is 93.6 Å². The summed E-state index contributed by atoms with van der Waals surface area (Å²) in [4.78, 5) is 17.0. The van der Waals surface area contributed by atoms with Gasteiger partial charge in [0.1, 0.15) is 11.3 Å². The molecule has 46 heavy (non-hydrogen) atoms. The van der Waals surface area contributed by atoms with E-state index in [9.17, 15) is 14.3 Å². The number of aliphatic hydroxyl groups excluding tert-OH is 1. The van der Waals surface area contributed by atoms with Gasteiger partial charge in [0.05, 0.1) is 5.52 Å². The summed E-state index contributed by atoms with van der Waals surface area (Å²) in [5.74, 6) is 0.286. The van der Waals surface area contributed by atoms with Gasteiger partial charge in [-0.1, -0.05) is 104 Å². The van der Waals surface area contributed by atoms with Gasteiger partial charge in [-0.3, -0.25) is 9.78 Å². The summed E-state index contributed by atoms with van der Waals surface area (Å²) in [6.07, 6.45) is 4.75. The molecule has 2 heterocycles. The number of allylic oxidation sites excluding steroid dienone is 2. The van der Waals surface area contributed by atoms with Crippen molar-refractivity contribution in [1.29, 1.82) is 0 Å². The molecule has 0 bridgehead atoms. The van der Waals surface area contributed by atoms with Gasteiger partial charge in [-0.05, 0) is 43.2 Å². The molecule has 0 saturated heterocycles. The predicted molar refractivity (Wildman–Crippen MR) is 185 cm³/mol. The Hall–Kier alpha value is -3.34. The van der Waals surface area contributed by atoms with Gasteiger partial charge in [0.2, 0.25) is 0 Å². The van der Waals surface area contributed by atoms with E-state index < -0.39 is 6.01 Å². The number of furan rings is 1. The van der Waals surface area contributed by atoms with Gasteiger partial charge in [-0.2, -0.15) is 4.39 Å². The van der Waals surface area contributed by atoms with Crippen LogP contribution in [0.2, 0.25) is 0 Å². The molecule has 0 aliphatic carbocycles. The summed E-state index contributed by atoms with van der Waals surface area (Å²) < 4.78 is 19.5. The number of rotatable bonds is 8. The number of aliphatic hydroxyl groups is 1. The quantitative estimate of drug-likeness (QED) is 0.0964. The average Bonchev–Trinajstić information content (AvgIpc) is 3.44. The maximum Gasteiger partial charge on any atom is 0.278 e. The minimum absolute atomic E-state index is 0. The van der Waals surface area contributed by atoms with E-state index >= 15 is 0 Å². The predicted octanol–water partition coefficient (Wildman–Crippen LogP) is 11.7. The second kappa shape index (κ2) is 14.6. The van der Waals surface area contributed by atoms with Crippen molar-refractivity contribution in [2.75, 3.05) is 0 Å². The second-order valence-electron chi connectivity index (χ2n) is 13.6. The van der Waals surface area contributed by atoms with Gasteiger partial charge >= 0.3 is 0 Å². The van der Waals surface area contributed by atoms with E-state index in [4.69, 9.17) is 9.40 Å². The number of hydrogen-bond donors (Lipinski definition) is 1. The number of nitrogens with zero attached hydrogens (tertiary/aromatic N) is 1. The first kappa shape index (κ1) is 37.1. The Kier molecular flexibility index (Phi) is 11.8. The van der Waals surface area contributed by atoms with Crippen LogP contribution in [0, 0.1) is 22.9 Å². The SMILES string of the molecule is CC(C)(C)c1cc(-c2nc3ccccc3c3oc(F)cc23)[c-]c2ccccc12.CCC(C)(CC)C(=O)/C=C(\O)C(C)(CC)CC.[Ir]. The van der Waals surface area contributed by atoms with Gasteiger partial charge in [0.15, 0.2) is 5.78 Å². The fourth-order valence-electron chi connectivity index (χ4n) is 5.55. The number of fused-ring (bicyclic) bond motifs is 4. The van der Waals surface area contributed by atoms with E-state index in [1.54, 1.807) is 0 Å². The van der Waals surface area contributed by atoms with Crippen LogP contribution in [0.5, 0.6) is 0 Å². The van der Waals surface area contributed by atoms with Gasteiger partial charge in [-0.15, -0.1) is 29.1 Å². The molecule has 247 valence electrons. The Morgan fingerprint density at radius 1 is 0.848 bits per heavy atom. The zero-order valence-corrected chi connectivity index (χ0v) is 31.0. The molecular formula is C40H47FIrNO3-. The number of carbonyl (C=O) groups is 1. The number of halogens is 1. The molecule has 5 rings (SSSR count). The second-order valence-corrected chi connectivity index (χ2v) is 13.6. The first-order chi connectivity index (χ1) is 21.2. The minimum atomic E-state index is -0.605. The maximum absolute atomic E-state index is 14.1. The molecular weight excluding hydrogens is 754 g/mol. The number of aromatic nitrogens is 1. The van der Waals surface area contributed by atoms with Crippen molar-refractivity contribution in [3.05, 3.63) is 90.1 Å². The molecule has 0 amide bonds. The Balaban J connectivity index is 0.000000280. The Labute approximate surface area is 286 Å². The molecule has 5 aromatic rings. The van der Waals surface area contributed by atoms with Crippen LogP contribution in [-0.4, -0.2) is 15.9 Å². The van der Waals surface area contributed by atoms with Crippen LogP contribution >= 0.6 is 0 Å². The minimum Gasteiger partial charge on any atom is -0.512 e. The largest absolute Gasteiger partial charge is 0.512 e. The first-order valence-corrected chi connectivity index (χ1v) is 16.1. The molecule has 0 spiro atoms. The van der Waals surface area contributed by atoms with E-state index in [0.717, 1.165) is 47.5 Å². The molecule has 4 nitrogen and oxygen atoms in total. The van der Waals surface area contributed by atoms with E-state index in [1.807, 2.05) is 77.9 Å². The molecule has 2 aromatic heterocycles. The van der Waals surface area contributed by atoms with E-state index in [0.29, 0.717) is 16.7 Å². The zero-order chi connectivity index (χ0) is 33.2. The third-order valence-corrected chi connectivity index (χ3v) is 9.78. The topological polar surface area (TPSA) is 63.3 Å². The number of pyridine rings is 1. The molecule has 0 aliphatic rings. The van der Waals surface area contributed by atoms with Crippen LogP contribution in [0.25, 0.3) is 43.9 Å². The molecule has 3 aromatic carbocycles. The fraction of sp³-hybridized carbons (Fsp3) is 0.400. The molecule has 1 radical (unpaired) electrons. The fourth-order valence-corrected chi connectivity index (χ4v) is 5.55. The van der Waals surface area contributed by atoms with E-state index in [2.05, 4.69) is 45.0 Å². The van der Waals surface area contributed by atoms with Gasteiger partial charge < -0.3 is 9.52 Å². The summed E-state index contributed by atoms with van der Waals surface area (Å²) in [5, 5.41) is 13.8. The molecule has 0 unspecified atom stereocenters. The Morgan fingerprint density at radius 2 is 1.41 bits per heavy atom. The summed E-state index contributed by atoms with van der Waals surface area (Å²) in [6, 6.07) is 22.3. The standard InChI is InChI=1S/C25H19FNO.C15H28O2.Ir/c1-25(2,3)20-13-16(12-15-8-4-5-9-17(15)20)23-19-14-22(26)28-24(19)18-10-6-7-11-21(18)27-23;1-7-14(5,8-2)12(16)11-13(17)15(6,9-3)10-4;/h4-11,13-14H,1-3H3;11,16H,7-10H2,1-6H3;/q-1;;/b;12-11-;. The maximum atomic E-state index is 14.1. The Bertz CT molecular complexity index is 1860. The smallest absolute Gasteiger partial charge is 0.278 e. The summed E-state index contributed by atoms with van der Waals surface area (Å²) >= 11 is 0. The van der Waals surface area contributed by atoms with Crippen molar-refractivity contribution in [2.45, 2.75) is 93.4 Å². The van der Waals surface area contributed by atoms with Crippen molar-refractivity contribution in [3.8, 4) is 11.3 Å². The first-order valence-electron chi connectivity index (χ1n) is 16.1. The average molecular weight is 801 g/mol. The van der Waals surface area contributed by atoms with E-state index in [1.165, 1.54) is 23.1 Å². The van der Waals surface area contributed by atoms with Crippen molar-refractivity contribution in [3.63, 3.8) is 0 Å². The third-order valence-electron chi connectivity index (χ3n) is 9.78. The van der Waals surface area contributed by atoms with E-state index in [-0.39, 0.29) is 47.9 Å². The third kappa shape index (κ3) is 7.45. The monoisotopic (exact) mass is 801 g/mol. The number of benzene rings is 3. The molecule has 0 saturated carbocycles. The normalized spacial score (nSPS) is 12.6. The van der Waals surface area contributed by atoms with Crippen LogP contribution < -0.4 is 0 Å². The number of ketones is 1. The summed E-state index contributed by atoms with van der Waals surface area (Å²) in [7, 11) is 0. The molecule has 0 aliphatic heterocycles. The van der Waals surface area contributed by atoms with Crippen LogP contribution in [0.3, 0.4) is 0 Å². The molecule has 6 heteroatoms. The number of hydrogen-bond acceptors (Lipinski definition) is 4. The van der Waals surface area contributed by atoms with Crippen LogP contribution in [0.15, 0.2) is 76.9 Å². The van der Waals surface area contributed by atoms with Crippen molar-refractivity contribution in [1.82, 2.24) is 4.98 Å². The summed E-state index contributed by atoms with van der Waals surface area (Å²) in [5.41, 5.74) is 3.40. The molecule has 1 N–H and O–H groups in total. The zero-order valence-electron chi connectivity index (χ0n) is 28.6. The van der Waals surface area contributed by atoms with Gasteiger partial charge in [-0.25, -0.2) is 0 Å². The molecule has 0 atom stereocenters. The van der Waals surface area contributed by atoms with Crippen molar-refractivity contribution in [2.24, 2.45) is 10.8 Å². The van der Waals surface area contributed by atoms with Crippen LogP contribution in [0.4, 0.5) is 4.39 Å². The van der Waals surface area contributed by atoms with Crippen molar-refractivity contribution >= 4 is 38.4 Å². The van der Waals surface area contributed by atoms with Crippen LogP contribution in [-0.2, 0) is 30.3 Å². The van der Waals surface area contributed by atoms with Gasteiger partial charge in [0, 0.05) is 59.5 Å².